The molecule has 2 heterocycles. The van der Waals surface area contributed by atoms with E-state index in [0.29, 0.717) is 6.04 Å². The van der Waals surface area contributed by atoms with Crippen molar-refractivity contribution in [3.05, 3.63) is 37.1 Å². The van der Waals surface area contributed by atoms with Gasteiger partial charge in [-0.2, -0.15) is 0 Å². The summed E-state index contributed by atoms with van der Waals surface area (Å²) in [4.78, 5) is 8.40. The molecular formula is C11H13N3. The Morgan fingerprint density at radius 3 is 2.79 bits per heavy atom. The summed E-state index contributed by atoms with van der Waals surface area (Å²) in [6, 6.07) is 4.39. The lowest BCUT2D eigenvalue weighted by Gasteiger charge is -2.03. The van der Waals surface area contributed by atoms with Crippen LogP contribution in [0.3, 0.4) is 0 Å². The molecule has 0 aliphatic rings. The van der Waals surface area contributed by atoms with Gasteiger partial charge in [0.1, 0.15) is 0 Å². The Morgan fingerprint density at radius 2 is 2.21 bits per heavy atom. The van der Waals surface area contributed by atoms with Gasteiger partial charge in [-0.05, 0) is 26.0 Å². The third kappa shape index (κ3) is 1.66. The van der Waals surface area contributed by atoms with E-state index in [0.717, 1.165) is 11.3 Å². The molecule has 0 bridgehead atoms. The highest BCUT2D eigenvalue weighted by atomic mass is 15.0. The van der Waals surface area contributed by atoms with Crippen molar-refractivity contribution >= 4 is 0 Å². The highest BCUT2D eigenvalue weighted by Crippen LogP contribution is 2.16. The van der Waals surface area contributed by atoms with Crippen molar-refractivity contribution in [2.24, 2.45) is 0 Å². The minimum absolute atomic E-state index is 0.452. The van der Waals surface area contributed by atoms with Crippen LogP contribution in [-0.4, -0.2) is 14.5 Å². The van der Waals surface area contributed by atoms with E-state index in [1.165, 1.54) is 0 Å². The van der Waals surface area contributed by atoms with Crippen LogP contribution in [0.15, 0.2) is 37.1 Å². The number of imidazole rings is 1. The molecule has 3 heteroatoms. The van der Waals surface area contributed by atoms with Crippen molar-refractivity contribution < 1.29 is 0 Å². The van der Waals surface area contributed by atoms with E-state index in [9.17, 15) is 0 Å². The molecule has 0 amide bonds. The fourth-order valence-electron chi connectivity index (χ4n) is 1.28. The Morgan fingerprint density at radius 1 is 1.36 bits per heavy atom. The smallest absolute Gasteiger partial charge is 0.0956 e. The summed E-state index contributed by atoms with van der Waals surface area (Å²) in [6.07, 6.45) is 7.49. The average molecular weight is 187 g/mol. The summed E-state index contributed by atoms with van der Waals surface area (Å²) < 4.78 is 2.09. The van der Waals surface area contributed by atoms with Gasteiger partial charge in [0.25, 0.3) is 0 Å². The standard InChI is InChI=1S/C11H13N3/c1-9(2)14-7-11(13-8-14)10-4-3-5-12-6-10/h3-9H,1-2H3. The Hall–Kier alpha value is -1.64. The SMILES string of the molecule is CC(C)n1cnc(-c2cccnc2)c1. The molecule has 0 saturated heterocycles. The summed E-state index contributed by atoms with van der Waals surface area (Å²) >= 11 is 0. The van der Waals surface area contributed by atoms with Gasteiger partial charge in [0, 0.05) is 30.2 Å². The van der Waals surface area contributed by atoms with Crippen LogP contribution in [0.4, 0.5) is 0 Å². The fourth-order valence-corrected chi connectivity index (χ4v) is 1.28. The van der Waals surface area contributed by atoms with E-state index in [2.05, 4.69) is 28.4 Å². The van der Waals surface area contributed by atoms with Crippen LogP contribution in [0.1, 0.15) is 19.9 Å². The maximum atomic E-state index is 4.33. The first kappa shape index (κ1) is 8.94. The van der Waals surface area contributed by atoms with Crippen LogP contribution in [0.2, 0.25) is 0 Å². The van der Waals surface area contributed by atoms with E-state index in [1.54, 1.807) is 6.20 Å². The van der Waals surface area contributed by atoms with E-state index in [4.69, 9.17) is 0 Å². The van der Waals surface area contributed by atoms with Crippen molar-refractivity contribution in [2.45, 2.75) is 19.9 Å². The van der Waals surface area contributed by atoms with Gasteiger partial charge in [-0.3, -0.25) is 4.98 Å². The molecule has 14 heavy (non-hydrogen) atoms. The zero-order valence-corrected chi connectivity index (χ0v) is 8.38. The normalized spacial score (nSPS) is 10.8. The minimum Gasteiger partial charge on any atom is -0.334 e. The van der Waals surface area contributed by atoms with Crippen LogP contribution in [-0.2, 0) is 0 Å². The predicted octanol–water partition coefficient (Wildman–Crippen LogP) is 2.53. The molecule has 2 rings (SSSR count). The zero-order valence-electron chi connectivity index (χ0n) is 8.38. The highest BCUT2D eigenvalue weighted by Gasteiger charge is 2.03. The summed E-state index contributed by atoms with van der Waals surface area (Å²) in [5.74, 6) is 0. The second-order valence-corrected chi connectivity index (χ2v) is 3.54. The summed E-state index contributed by atoms with van der Waals surface area (Å²) in [5.41, 5.74) is 2.04. The third-order valence-electron chi connectivity index (χ3n) is 2.16. The number of rotatable bonds is 2. The average Bonchev–Trinajstić information content (AvgIpc) is 2.68. The molecule has 0 N–H and O–H groups in total. The van der Waals surface area contributed by atoms with Crippen molar-refractivity contribution in [3.8, 4) is 11.3 Å². The van der Waals surface area contributed by atoms with Gasteiger partial charge in [0.05, 0.1) is 12.0 Å². The Kier molecular flexibility index (Phi) is 2.31. The maximum Gasteiger partial charge on any atom is 0.0956 e. The fraction of sp³-hybridized carbons (Fsp3) is 0.273. The van der Waals surface area contributed by atoms with Crippen molar-refractivity contribution in [1.82, 2.24) is 14.5 Å². The number of hydrogen-bond acceptors (Lipinski definition) is 2. The van der Waals surface area contributed by atoms with Gasteiger partial charge in [0.2, 0.25) is 0 Å². The zero-order chi connectivity index (χ0) is 9.97. The largest absolute Gasteiger partial charge is 0.334 e. The number of pyridine rings is 1. The molecule has 0 aliphatic heterocycles. The molecule has 0 saturated carbocycles. The summed E-state index contributed by atoms with van der Waals surface area (Å²) in [6.45, 7) is 4.27. The third-order valence-corrected chi connectivity index (χ3v) is 2.16. The molecule has 0 atom stereocenters. The molecule has 0 aliphatic carbocycles. The van der Waals surface area contributed by atoms with Gasteiger partial charge in [-0.25, -0.2) is 4.98 Å². The monoisotopic (exact) mass is 187 g/mol. The molecule has 2 aromatic heterocycles. The maximum absolute atomic E-state index is 4.33. The van der Waals surface area contributed by atoms with E-state index >= 15 is 0 Å². The topological polar surface area (TPSA) is 30.7 Å². The first-order valence-corrected chi connectivity index (χ1v) is 4.71. The first-order valence-electron chi connectivity index (χ1n) is 4.71. The van der Waals surface area contributed by atoms with Gasteiger partial charge in [-0.15, -0.1) is 0 Å². The molecule has 0 spiro atoms. The molecule has 3 nitrogen and oxygen atoms in total. The van der Waals surface area contributed by atoms with E-state index in [1.807, 2.05) is 30.9 Å². The Bertz CT molecular complexity index is 403. The van der Waals surface area contributed by atoms with Crippen LogP contribution < -0.4 is 0 Å². The van der Waals surface area contributed by atoms with Gasteiger partial charge in [0.15, 0.2) is 0 Å². The molecule has 0 radical (unpaired) electrons. The molecular weight excluding hydrogens is 174 g/mol. The quantitative estimate of drug-likeness (QED) is 0.723. The molecule has 0 fully saturated rings. The second kappa shape index (κ2) is 3.62. The summed E-state index contributed by atoms with van der Waals surface area (Å²) in [7, 11) is 0. The highest BCUT2D eigenvalue weighted by molar-refractivity contribution is 5.56. The Balaban J connectivity index is 2.34. The van der Waals surface area contributed by atoms with Gasteiger partial charge >= 0.3 is 0 Å². The van der Waals surface area contributed by atoms with Crippen LogP contribution in [0.25, 0.3) is 11.3 Å². The lowest BCUT2D eigenvalue weighted by molar-refractivity contribution is 0.600. The molecule has 0 aromatic carbocycles. The summed E-state index contributed by atoms with van der Waals surface area (Å²) in [5, 5.41) is 0. The van der Waals surface area contributed by atoms with Gasteiger partial charge < -0.3 is 4.57 Å². The molecule has 0 unspecified atom stereocenters. The molecule has 2 aromatic rings. The predicted molar refractivity (Wildman–Crippen MR) is 55.8 cm³/mol. The number of aromatic nitrogens is 3. The first-order chi connectivity index (χ1) is 6.77. The number of nitrogens with zero attached hydrogens (tertiary/aromatic N) is 3. The van der Waals surface area contributed by atoms with Crippen LogP contribution in [0.5, 0.6) is 0 Å². The van der Waals surface area contributed by atoms with Crippen molar-refractivity contribution in [1.29, 1.82) is 0 Å². The Labute approximate surface area is 83.4 Å². The van der Waals surface area contributed by atoms with Crippen molar-refractivity contribution in [2.75, 3.05) is 0 Å². The number of hydrogen-bond donors (Lipinski definition) is 0. The van der Waals surface area contributed by atoms with Crippen LogP contribution in [0, 0.1) is 0 Å². The lowest BCUT2D eigenvalue weighted by Crippen LogP contribution is -1.95. The lowest BCUT2D eigenvalue weighted by atomic mass is 10.2. The van der Waals surface area contributed by atoms with E-state index < -0.39 is 0 Å². The molecule has 72 valence electrons. The minimum atomic E-state index is 0.452. The van der Waals surface area contributed by atoms with Crippen LogP contribution >= 0.6 is 0 Å². The van der Waals surface area contributed by atoms with E-state index in [-0.39, 0.29) is 0 Å². The van der Waals surface area contributed by atoms with Gasteiger partial charge in [-0.1, -0.05) is 0 Å². The second-order valence-electron chi connectivity index (χ2n) is 3.54. The van der Waals surface area contributed by atoms with Crippen molar-refractivity contribution in [3.63, 3.8) is 0 Å².